The van der Waals surface area contributed by atoms with Crippen molar-refractivity contribution in [3.05, 3.63) is 22.4 Å². The fraction of sp³-hybridized carbons (Fsp3) is 0.688. The molecule has 1 fully saturated rings. The van der Waals surface area contributed by atoms with Crippen LogP contribution in [0.15, 0.2) is 16.8 Å². The Morgan fingerprint density at radius 3 is 3.00 bits per heavy atom. The number of hydrogen-bond acceptors (Lipinski definition) is 4. The van der Waals surface area contributed by atoms with Crippen molar-refractivity contribution in [1.29, 1.82) is 0 Å². The first-order chi connectivity index (χ1) is 9.94. The molecule has 0 aliphatic carbocycles. The molecule has 1 amide bonds. The van der Waals surface area contributed by atoms with Crippen molar-refractivity contribution < 1.29 is 9.53 Å². The molecule has 118 valence electrons. The van der Waals surface area contributed by atoms with E-state index < -0.39 is 5.60 Å². The predicted octanol–water partition coefficient (Wildman–Crippen LogP) is 3.48. The Morgan fingerprint density at radius 1 is 1.52 bits per heavy atom. The molecular weight excluding hydrogens is 284 g/mol. The largest absolute Gasteiger partial charge is 0.444 e. The van der Waals surface area contributed by atoms with Crippen LogP contribution in [-0.2, 0) is 11.3 Å². The summed E-state index contributed by atoms with van der Waals surface area (Å²) in [5.74, 6) is 0.518. The van der Waals surface area contributed by atoms with Gasteiger partial charge in [-0.25, -0.2) is 4.79 Å². The molecule has 1 saturated heterocycles. The minimum Gasteiger partial charge on any atom is -0.444 e. The number of nitrogens with zero attached hydrogens (tertiary/aromatic N) is 1. The smallest absolute Gasteiger partial charge is 0.410 e. The van der Waals surface area contributed by atoms with Crippen molar-refractivity contribution in [3.63, 3.8) is 0 Å². The van der Waals surface area contributed by atoms with Crippen LogP contribution in [0.2, 0.25) is 0 Å². The number of hydrogen-bond donors (Lipinski definition) is 1. The molecule has 1 atom stereocenters. The quantitative estimate of drug-likeness (QED) is 0.925. The maximum absolute atomic E-state index is 12.1. The summed E-state index contributed by atoms with van der Waals surface area (Å²) >= 11 is 1.73. The fourth-order valence-electron chi connectivity index (χ4n) is 2.54. The summed E-state index contributed by atoms with van der Waals surface area (Å²) in [5, 5.41) is 7.76. The molecule has 0 bridgehead atoms. The molecule has 0 spiro atoms. The van der Waals surface area contributed by atoms with Gasteiger partial charge in [-0.2, -0.15) is 11.3 Å². The molecule has 4 nitrogen and oxygen atoms in total. The molecule has 5 heteroatoms. The lowest BCUT2D eigenvalue weighted by molar-refractivity contribution is 0.0166. The van der Waals surface area contributed by atoms with Gasteiger partial charge in [-0.1, -0.05) is 0 Å². The van der Waals surface area contributed by atoms with Gasteiger partial charge in [-0.15, -0.1) is 0 Å². The summed E-state index contributed by atoms with van der Waals surface area (Å²) in [7, 11) is 0. The van der Waals surface area contributed by atoms with Gasteiger partial charge in [-0.05, 0) is 68.5 Å². The van der Waals surface area contributed by atoms with Gasteiger partial charge in [0.15, 0.2) is 0 Å². The molecule has 1 aliphatic heterocycles. The number of ether oxygens (including phenoxy) is 1. The summed E-state index contributed by atoms with van der Waals surface area (Å²) < 4.78 is 5.46. The monoisotopic (exact) mass is 310 g/mol. The Bertz CT molecular complexity index is 440. The number of piperidine rings is 1. The van der Waals surface area contributed by atoms with E-state index in [1.807, 2.05) is 25.7 Å². The van der Waals surface area contributed by atoms with Crippen molar-refractivity contribution in [2.24, 2.45) is 5.92 Å². The third kappa shape index (κ3) is 5.67. The van der Waals surface area contributed by atoms with E-state index in [1.165, 1.54) is 12.0 Å². The molecule has 21 heavy (non-hydrogen) atoms. The number of nitrogens with one attached hydrogen (secondary N) is 1. The van der Waals surface area contributed by atoms with E-state index in [0.717, 1.165) is 32.6 Å². The number of carbonyl (C=O) groups is 1. The van der Waals surface area contributed by atoms with Gasteiger partial charge in [0, 0.05) is 19.6 Å². The molecule has 1 N–H and O–H groups in total. The van der Waals surface area contributed by atoms with Crippen LogP contribution in [0, 0.1) is 5.92 Å². The minimum atomic E-state index is -0.415. The van der Waals surface area contributed by atoms with Crippen LogP contribution < -0.4 is 5.32 Å². The lowest BCUT2D eigenvalue weighted by Crippen LogP contribution is -2.44. The Balaban J connectivity index is 1.74. The van der Waals surface area contributed by atoms with Crippen molar-refractivity contribution in [2.75, 3.05) is 19.6 Å². The zero-order valence-electron chi connectivity index (χ0n) is 13.2. The molecule has 1 aliphatic rings. The first-order valence-electron chi connectivity index (χ1n) is 7.64. The number of rotatable bonds is 4. The summed E-state index contributed by atoms with van der Waals surface area (Å²) in [4.78, 5) is 14.0. The third-order valence-corrected chi connectivity index (χ3v) is 4.24. The second-order valence-electron chi connectivity index (χ2n) is 6.70. The van der Waals surface area contributed by atoms with E-state index in [4.69, 9.17) is 4.74 Å². The van der Waals surface area contributed by atoms with Gasteiger partial charge in [0.05, 0.1) is 0 Å². The lowest BCUT2D eigenvalue weighted by atomic mass is 9.98. The SMILES string of the molecule is CC(C)(C)OC(=O)N1CCCC(CNCc2ccsc2)C1. The van der Waals surface area contributed by atoms with E-state index in [0.29, 0.717) is 5.92 Å². The molecule has 1 aromatic rings. The van der Waals surface area contributed by atoms with Gasteiger partial charge in [-0.3, -0.25) is 0 Å². The Morgan fingerprint density at radius 2 is 2.33 bits per heavy atom. The Hall–Kier alpha value is -1.07. The van der Waals surface area contributed by atoms with Crippen LogP contribution >= 0.6 is 11.3 Å². The highest BCUT2D eigenvalue weighted by Gasteiger charge is 2.27. The van der Waals surface area contributed by atoms with Crippen molar-refractivity contribution in [3.8, 4) is 0 Å². The highest BCUT2D eigenvalue weighted by molar-refractivity contribution is 7.07. The number of thiophene rings is 1. The van der Waals surface area contributed by atoms with E-state index >= 15 is 0 Å². The molecule has 2 heterocycles. The van der Waals surface area contributed by atoms with E-state index in [2.05, 4.69) is 22.1 Å². The molecule has 0 aromatic carbocycles. The molecule has 0 radical (unpaired) electrons. The zero-order valence-corrected chi connectivity index (χ0v) is 14.0. The van der Waals surface area contributed by atoms with Crippen LogP contribution in [0.1, 0.15) is 39.2 Å². The maximum atomic E-state index is 12.1. The maximum Gasteiger partial charge on any atom is 0.410 e. The van der Waals surface area contributed by atoms with Gasteiger partial charge in [0.1, 0.15) is 5.60 Å². The zero-order chi connectivity index (χ0) is 15.3. The van der Waals surface area contributed by atoms with Crippen molar-refractivity contribution >= 4 is 17.4 Å². The fourth-order valence-corrected chi connectivity index (χ4v) is 3.21. The number of amides is 1. The van der Waals surface area contributed by atoms with Crippen LogP contribution in [-0.4, -0.2) is 36.2 Å². The third-order valence-electron chi connectivity index (χ3n) is 3.51. The highest BCUT2D eigenvalue weighted by Crippen LogP contribution is 2.19. The minimum absolute atomic E-state index is 0.176. The second-order valence-corrected chi connectivity index (χ2v) is 7.48. The standard InChI is InChI=1S/C16H26N2O2S/c1-16(2,3)20-15(19)18-7-4-5-13(11-18)9-17-10-14-6-8-21-12-14/h6,8,12-13,17H,4-5,7,9-11H2,1-3H3. The van der Waals surface area contributed by atoms with Gasteiger partial charge in [0.25, 0.3) is 0 Å². The molecular formula is C16H26N2O2S. The van der Waals surface area contributed by atoms with Crippen LogP contribution in [0.5, 0.6) is 0 Å². The number of likely N-dealkylation sites (tertiary alicyclic amines) is 1. The van der Waals surface area contributed by atoms with Gasteiger partial charge < -0.3 is 15.0 Å². The van der Waals surface area contributed by atoms with Gasteiger partial charge >= 0.3 is 6.09 Å². The van der Waals surface area contributed by atoms with Crippen LogP contribution in [0.3, 0.4) is 0 Å². The summed E-state index contributed by atoms with van der Waals surface area (Å²) in [6.45, 7) is 9.21. The highest BCUT2D eigenvalue weighted by atomic mass is 32.1. The molecule has 1 aromatic heterocycles. The average molecular weight is 310 g/mol. The topological polar surface area (TPSA) is 41.6 Å². The Kier molecular flexibility index (Phi) is 5.65. The normalized spacial score (nSPS) is 19.6. The lowest BCUT2D eigenvalue weighted by Gasteiger charge is -2.34. The van der Waals surface area contributed by atoms with Crippen LogP contribution in [0.25, 0.3) is 0 Å². The summed E-state index contributed by atoms with van der Waals surface area (Å²) in [6.07, 6.45) is 2.06. The summed E-state index contributed by atoms with van der Waals surface area (Å²) in [5.41, 5.74) is 0.918. The molecule has 0 saturated carbocycles. The van der Waals surface area contributed by atoms with E-state index in [1.54, 1.807) is 11.3 Å². The average Bonchev–Trinajstić information content (AvgIpc) is 2.90. The first kappa shape index (κ1) is 16.3. The Labute approximate surface area is 131 Å². The first-order valence-corrected chi connectivity index (χ1v) is 8.58. The van der Waals surface area contributed by atoms with Crippen molar-refractivity contribution in [1.82, 2.24) is 10.2 Å². The van der Waals surface area contributed by atoms with Gasteiger partial charge in [0.2, 0.25) is 0 Å². The number of carbonyl (C=O) groups excluding carboxylic acids is 1. The predicted molar refractivity (Wildman–Crippen MR) is 86.6 cm³/mol. The molecule has 1 unspecified atom stereocenters. The van der Waals surface area contributed by atoms with E-state index in [-0.39, 0.29) is 6.09 Å². The second kappa shape index (κ2) is 7.27. The van der Waals surface area contributed by atoms with E-state index in [9.17, 15) is 4.79 Å². The van der Waals surface area contributed by atoms with Crippen molar-refractivity contribution in [2.45, 2.75) is 45.8 Å². The molecule has 2 rings (SSSR count). The summed E-state index contributed by atoms with van der Waals surface area (Å²) in [6, 6.07) is 2.14. The van der Waals surface area contributed by atoms with Crippen LogP contribution in [0.4, 0.5) is 4.79 Å².